The Bertz CT molecular complexity index is 1280. The third-order valence-electron chi connectivity index (χ3n) is 5.85. The van der Waals surface area contributed by atoms with Crippen LogP contribution in [0.25, 0.3) is 0 Å². The Morgan fingerprint density at radius 2 is 1.27 bits per heavy atom. The van der Waals surface area contributed by atoms with Gasteiger partial charge in [0.1, 0.15) is 18.1 Å². The second kappa shape index (κ2) is 14.2. The second-order valence-electron chi connectivity index (χ2n) is 8.98. The number of carboxylic acid groups (broad SMARTS) is 2. The SMILES string of the molecule is NC(Cc1cnc[nH]1)C(=O)NC(Cc1ccccc1)C(=O)NC(Cc1cnc[nH]1)C(=O)NC(CC(=O)O)C(=O)O. The Labute approximate surface area is 228 Å². The van der Waals surface area contributed by atoms with Crippen molar-refractivity contribution in [2.45, 2.75) is 49.9 Å². The summed E-state index contributed by atoms with van der Waals surface area (Å²) in [5.41, 5.74) is 7.82. The number of nitrogens with two attached hydrogens (primary N) is 1. The molecule has 0 spiro atoms. The highest BCUT2D eigenvalue weighted by Gasteiger charge is 2.31. The fraction of sp³-hybridized carbons (Fsp3) is 0.320. The van der Waals surface area contributed by atoms with Gasteiger partial charge in [-0.1, -0.05) is 30.3 Å². The smallest absolute Gasteiger partial charge is 0.326 e. The quantitative estimate of drug-likeness (QED) is 0.108. The van der Waals surface area contributed by atoms with Crippen LogP contribution in [0.2, 0.25) is 0 Å². The average molecular weight is 555 g/mol. The van der Waals surface area contributed by atoms with Gasteiger partial charge in [-0.3, -0.25) is 19.2 Å². The van der Waals surface area contributed by atoms with Crippen molar-refractivity contribution < 1.29 is 34.2 Å². The predicted molar refractivity (Wildman–Crippen MR) is 138 cm³/mol. The molecule has 40 heavy (non-hydrogen) atoms. The first-order valence-electron chi connectivity index (χ1n) is 12.2. The maximum Gasteiger partial charge on any atom is 0.326 e. The zero-order valence-electron chi connectivity index (χ0n) is 21.2. The van der Waals surface area contributed by atoms with Crippen LogP contribution >= 0.6 is 0 Å². The van der Waals surface area contributed by atoms with Crippen molar-refractivity contribution in [3.8, 4) is 0 Å². The monoisotopic (exact) mass is 554 g/mol. The molecule has 3 amide bonds. The van der Waals surface area contributed by atoms with E-state index < -0.39 is 60.2 Å². The minimum Gasteiger partial charge on any atom is -0.481 e. The summed E-state index contributed by atoms with van der Waals surface area (Å²) >= 11 is 0. The van der Waals surface area contributed by atoms with Crippen molar-refractivity contribution in [1.29, 1.82) is 0 Å². The van der Waals surface area contributed by atoms with Gasteiger partial charge in [0.15, 0.2) is 0 Å². The molecule has 0 aliphatic rings. The van der Waals surface area contributed by atoms with Crippen molar-refractivity contribution in [1.82, 2.24) is 35.9 Å². The van der Waals surface area contributed by atoms with E-state index in [2.05, 4.69) is 35.9 Å². The first-order valence-corrected chi connectivity index (χ1v) is 12.2. The molecular weight excluding hydrogens is 524 g/mol. The summed E-state index contributed by atoms with van der Waals surface area (Å²) in [6, 6.07) is 3.60. The highest BCUT2D eigenvalue weighted by atomic mass is 16.4. The predicted octanol–water partition coefficient (Wildman–Crippen LogP) is -1.50. The molecule has 3 aromatic rings. The lowest BCUT2D eigenvalue weighted by atomic mass is 10.0. The molecule has 15 heteroatoms. The van der Waals surface area contributed by atoms with Crippen LogP contribution in [0.4, 0.5) is 0 Å². The number of H-pyrrole nitrogens is 2. The topological polar surface area (TPSA) is 245 Å². The van der Waals surface area contributed by atoms with E-state index in [9.17, 15) is 29.1 Å². The number of carbonyl (C=O) groups excluding carboxylic acids is 3. The van der Waals surface area contributed by atoms with Gasteiger partial charge in [-0.15, -0.1) is 0 Å². The van der Waals surface area contributed by atoms with Gasteiger partial charge >= 0.3 is 11.9 Å². The Hall–Kier alpha value is -5.05. The van der Waals surface area contributed by atoms with E-state index in [0.717, 1.165) is 0 Å². The third kappa shape index (κ3) is 9.05. The van der Waals surface area contributed by atoms with Gasteiger partial charge in [-0.25, -0.2) is 14.8 Å². The van der Waals surface area contributed by atoms with E-state index in [4.69, 9.17) is 10.8 Å². The molecule has 0 saturated carbocycles. The number of benzene rings is 1. The van der Waals surface area contributed by atoms with E-state index in [1.807, 2.05) is 0 Å². The number of hydrogen-bond acceptors (Lipinski definition) is 8. The van der Waals surface area contributed by atoms with E-state index in [1.54, 1.807) is 30.3 Å². The molecule has 3 rings (SSSR count). The van der Waals surface area contributed by atoms with Crippen LogP contribution in [0.15, 0.2) is 55.4 Å². The lowest BCUT2D eigenvalue weighted by Crippen LogP contribution is -2.58. The number of aromatic nitrogens is 4. The van der Waals surface area contributed by atoms with Crippen molar-refractivity contribution in [2.24, 2.45) is 5.73 Å². The van der Waals surface area contributed by atoms with Gasteiger partial charge in [-0.2, -0.15) is 0 Å². The summed E-state index contributed by atoms with van der Waals surface area (Å²) in [6.45, 7) is 0. The van der Waals surface area contributed by atoms with Crippen LogP contribution in [-0.4, -0.2) is 84.0 Å². The van der Waals surface area contributed by atoms with Crippen LogP contribution in [0.5, 0.6) is 0 Å². The maximum absolute atomic E-state index is 13.5. The van der Waals surface area contributed by atoms with E-state index in [1.165, 1.54) is 25.0 Å². The number of carbonyl (C=O) groups is 5. The molecule has 0 aliphatic carbocycles. The molecule has 9 N–H and O–H groups in total. The third-order valence-corrected chi connectivity index (χ3v) is 5.85. The molecule has 2 heterocycles. The first-order chi connectivity index (χ1) is 19.1. The number of hydrogen-bond donors (Lipinski definition) is 8. The zero-order valence-corrected chi connectivity index (χ0v) is 21.2. The fourth-order valence-electron chi connectivity index (χ4n) is 3.81. The van der Waals surface area contributed by atoms with Crippen LogP contribution in [0.3, 0.4) is 0 Å². The number of carboxylic acids is 2. The molecule has 212 valence electrons. The van der Waals surface area contributed by atoms with Gasteiger partial charge in [-0.05, 0) is 5.56 Å². The van der Waals surface area contributed by atoms with Crippen LogP contribution < -0.4 is 21.7 Å². The van der Waals surface area contributed by atoms with Crippen molar-refractivity contribution >= 4 is 29.7 Å². The number of rotatable bonds is 15. The summed E-state index contributed by atoms with van der Waals surface area (Å²) in [4.78, 5) is 75.4. The van der Waals surface area contributed by atoms with Crippen LogP contribution in [0.1, 0.15) is 23.4 Å². The summed E-state index contributed by atoms with van der Waals surface area (Å²) in [5, 5.41) is 25.7. The van der Waals surface area contributed by atoms with Crippen LogP contribution in [-0.2, 0) is 43.2 Å². The summed E-state index contributed by atoms with van der Waals surface area (Å²) in [5.74, 6) is -5.28. The molecule has 1 aromatic carbocycles. The van der Waals surface area contributed by atoms with Gasteiger partial charge in [0.2, 0.25) is 17.7 Å². The van der Waals surface area contributed by atoms with Gasteiger partial charge in [0.25, 0.3) is 0 Å². The number of aromatic amines is 2. The average Bonchev–Trinajstić information content (AvgIpc) is 3.62. The number of nitrogens with one attached hydrogen (secondary N) is 5. The van der Waals surface area contributed by atoms with Crippen LogP contribution in [0, 0.1) is 0 Å². The summed E-state index contributed by atoms with van der Waals surface area (Å²) < 4.78 is 0. The van der Waals surface area contributed by atoms with E-state index in [0.29, 0.717) is 17.0 Å². The number of aliphatic carboxylic acids is 2. The highest BCUT2D eigenvalue weighted by Crippen LogP contribution is 2.07. The first kappa shape index (κ1) is 29.5. The Morgan fingerprint density at radius 3 is 1.80 bits per heavy atom. The molecule has 4 unspecified atom stereocenters. The van der Waals surface area contributed by atoms with Gasteiger partial charge in [0.05, 0.1) is 25.1 Å². The molecule has 0 radical (unpaired) electrons. The fourth-order valence-corrected chi connectivity index (χ4v) is 3.81. The minimum absolute atomic E-state index is 0.0599. The Kier molecular flexibility index (Phi) is 10.5. The lowest BCUT2D eigenvalue weighted by Gasteiger charge is -2.25. The summed E-state index contributed by atoms with van der Waals surface area (Å²) in [7, 11) is 0. The number of nitrogens with zero attached hydrogens (tertiary/aromatic N) is 2. The molecule has 0 bridgehead atoms. The van der Waals surface area contributed by atoms with Crippen molar-refractivity contribution in [3.05, 3.63) is 72.3 Å². The standard InChI is InChI=1S/C25H30N8O7/c26-17(7-15-10-27-12-29-15)22(36)31-18(6-14-4-2-1-3-5-14)23(37)32-19(8-16-11-28-13-30-16)24(38)33-20(25(39)40)9-21(34)35/h1-5,10-13,17-20H,6-9,26H2,(H,27,29)(H,28,30)(H,31,36)(H,32,37)(H,33,38)(H,34,35)(H,39,40). The minimum atomic E-state index is -1.73. The molecule has 2 aromatic heterocycles. The Morgan fingerprint density at radius 1 is 0.750 bits per heavy atom. The molecule has 0 aliphatic heterocycles. The molecule has 0 saturated heterocycles. The Balaban J connectivity index is 1.79. The number of imidazole rings is 2. The highest BCUT2D eigenvalue weighted by molar-refractivity contribution is 5.95. The summed E-state index contributed by atoms with van der Waals surface area (Å²) in [6.07, 6.45) is 4.94. The zero-order chi connectivity index (χ0) is 29.1. The molecular formula is C25H30N8O7. The molecule has 15 nitrogen and oxygen atoms in total. The normalized spacial score (nSPS) is 13.8. The van der Waals surface area contributed by atoms with E-state index in [-0.39, 0.29) is 19.3 Å². The maximum atomic E-state index is 13.5. The molecule has 4 atom stereocenters. The lowest BCUT2D eigenvalue weighted by molar-refractivity contribution is -0.147. The van der Waals surface area contributed by atoms with Crippen molar-refractivity contribution in [2.75, 3.05) is 0 Å². The van der Waals surface area contributed by atoms with Gasteiger partial charge < -0.3 is 41.9 Å². The van der Waals surface area contributed by atoms with Crippen molar-refractivity contribution in [3.63, 3.8) is 0 Å². The second-order valence-corrected chi connectivity index (χ2v) is 8.98. The van der Waals surface area contributed by atoms with E-state index >= 15 is 0 Å². The van der Waals surface area contributed by atoms with Gasteiger partial charge in [0, 0.05) is 43.0 Å². The largest absolute Gasteiger partial charge is 0.481 e. The molecule has 0 fully saturated rings. The number of amides is 3.